The summed E-state index contributed by atoms with van der Waals surface area (Å²) in [5, 5.41) is 9.77. The van der Waals surface area contributed by atoms with Gasteiger partial charge in [-0.15, -0.1) is 11.3 Å². The number of hydrogen-bond donors (Lipinski definition) is 1. The van der Waals surface area contributed by atoms with Gasteiger partial charge in [0.25, 0.3) is 0 Å². The van der Waals surface area contributed by atoms with Crippen molar-refractivity contribution in [2.24, 2.45) is 0 Å². The van der Waals surface area contributed by atoms with E-state index in [-0.39, 0.29) is 0 Å². The van der Waals surface area contributed by atoms with Crippen LogP contribution in [0.1, 0.15) is 19.4 Å². The number of aliphatic hydroxyl groups is 1. The minimum absolute atomic E-state index is 0.766. The maximum atomic E-state index is 9.77. The first-order valence-corrected chi connectivity index (χ1v) is 5.01. The van der Waals surface area contributed by atoms with E-state index in [1.807, 2.05) is 23.7 Å². The Kier molecular flexibility index (Phi) is 1.86. The summed E-state index contributed by atoms with van der Waals surface area (Å²) in [7, 11) is 0. The zero-order chi connectivity index (χ0) is 9.47. The second kappa shape index (κ2) is 2.79. The van der Waals surface area contributed by atoms with Gasteiger partial charge >= 0.3 is 0 Å². The van der Waals surface area contributed by atoms with Crippen molar-refractivity contribution in [3.05, 3.63) is 29.3 Å². The lowest BCUT2D eigenvalue weighted by molar-refractivity contribution is 0.0787. The zero-order valence-corrected chi connectivity index (χ0v) is 8.43. The lowest BCUT2D eigenvalue weighted by Gasteiger charge is -2.17. The highest BCUT2D eigenvalue weighted by molar-refractivity contribution is 7.16. The molecule has 0 aliphatic rings. The molecule has 2 nitrogen and oxygen atoms in total. The topological polar surface area (TPSA) is 33.1 Å². The Morgan fingerprint density at radius 3 is 2.85 bits per heavy atom. The third kappa shape index (κ3) is 1.57. The van der Waals surface area contributed by atoms with Crippen LogP contribution in [0.2, 0.25) is 0 Å². The molecule has 1 aromatic heterocycles. The van der Waals surface area contributed by atoms with Crippen LogP contribution in [0.3, 0.4) is 0 Å². The Bertz CT molecular complexity index is 428. The van der Waals surface area contributed by atoms with E-state index < -0.39 is 5.60 Å². The molecule has 0 aliphatic carbocycles. The Morgan fingerprint density at radius 2 is 2.15 bits per heavy atom. The van der Waals surface area contributed by atoms with E-state index in [1.54, 1.807) is 25.2 Å². The van der Waals surface area contributed by atoms with Gasteiger partial charge in [0.05, 0.1) is 21.3 Å². The van der Waals surface area contributed by atoms with Crippen molar-refractivity contribution in [2.75, 3.05) is 0 Å². The summed E-state index contributed by atoms with van der Waals surface area (Å²) in [4.78, 5) is 4.18. The highest BCUT2D eigenvalue weighted by Gasteiger charge is 2.16. The molecule has 0 aliphatic heterocycles. The second-order valence-electron chi connectivity index (χ2n) is 3.59. The molecule has 0 amide bonds. The van der Waals surface area contributed by atoms with Crippen molar-refractivity contribution in [3.8, 4) is 0 Å². The average Bonchev–Trinajstić information content (AvgIpc) is 2.47. The molecular weight excluding hydrogens is 182 g/mol. The molecule has 1 heterocycles. The summed E-state index contributed by atoms with van der Waals surface area (Å²) in [6.07, 6.45) is 0. The van der Waals surface area contributed by atoms with Crippen LogP contribution in [-0.2, 0) is 5.60 Å². The highest BCUT2D eigenvalue weighted by Crippen LogP contribution is 2.25. The Hall–Kier alpha value is -0.930. The first-order valence-electron chi connectivity index (χ1n) is 4.13. The predicted octanol–water partition coefficient (Wildman–Crippen LogP) is 2.52. The van der Waals surface area contributed by atoms with Gasteiger partial charge in [0.15, 0.2) is 0 Å². The molecular formula is C10H11NOS. The molecule has 3 heteroatoms. The molecule has 0 spiro atoms. The summed E-state index contributed by atoms with van der Waals surface area (Å²) >= 11 is 1.60. The summed E-state index contributed by atoms with van der Waals surface area (Å²) in [5.74, 6) is 0. The maximum Gasteiger partial charge on any atom is 0.0841 e. The number of fused-ring (bicyclic) bond motifs is 1. The van der Waals surface area contributed by atoms with Crippen molar-refractivity contribution in [2.45, 2.75) is 19.4 Å². The third-order valence-electron chi connectivity index (χ3n) is 2.04. The van der Waals surface area contributed by atoms with Gasteiger partial charge in [0.1, 0.15) is 0 Å². The quantitative estimate of drug-likeness (QED) is 0.755. The molecule has 0 fully saturated rings. The minimum atomic E-state index is -0.766. The van der Waals surface area contributed by atoms with Crippen LogP contribution >= 0.6 is 11.3 Å². The average molecular weight is 193 g/mol. The first kappa shape index (κ1) is 8.66. The molecule has 0 bridgehead atoms. The van der Waals surface area contributed by atoms with Gasteiger partial charge in [-0.05, 0) is 31.5 Å². The van der Waals surface area contributed by atoms with Crippen molar-refractivity contribution in [1.82, 2.24) is 4.98 Å². The Labute approximate surface area is 80.9 Å². The van der Waals surface area contributed by atoms with Crippen LogP contribution in [0, 0.1) is 0 Å². The smallest absolute Gasteiger partial charge is 0.0841 e. The monoisotopic (exact) mass is 193 g/mol. The fourth-order valence-electron chi connectivity index (χ4n) is 1.24. The molecule has 13 heavy (non-hydrogen) atoms. The van der Waals surface area contributed by atoms with Crippen LogP contribution in [-0.4, -0.2) is 10.1 Å². The van der Waals surface area contributed by atoms with Crippen LogP contribution in [0.4, 0.5) is 0 Å². The molecule has 0 unspecified atom stereocenters. The van der Waals surface area contributed by atoms with Gasteiger partial charge in [0.2, 0.25) is 0 Å². The van der Waals surface area contributed by atoms with Crippen molar-refractivity contribution in [1.29, 1.82) is 0 Å². The number of thiazole rings is 1. The van der Waals surface area contributed by atoms with Crippen LogP contribution in [0.5, 0.6) is 0 Å². The fraction of sp³-hybridized carbons (Fsp3) is 0.300. The van der Waals surface area contributed by atoms with Gasteiger partial charge in [-0.25, -0.2) is 4.98 Å². The molecule has 1 N–H and O–H groups in total. The van der Waals surface area contributed by atoms with E-state index in [1.165, 1.54) is 0 Å². The van der Waals surface area contributed by atoms with Crippen molar-refractivity contribution >= 4 is 21.6 Å². The summed E-state index contributed by atoms with van der Waals surface area (Å²) in [6, 6.07) is 5.86. The first-order chi connectivity index (χ1) is 6.07. The lowest BCUT2D eigenvalue weighted by atomic mass is 9.99. The van der Waals surface area contributed by atoms with Crippen LogP contribution in [0.25, 0.3) is 10.2 Å². The van der Waals surface area contributed by atoms with E-state index in [9.17, 15) is 5.11 Å². The normalized spacial score (nSPS) is 12.2. The van der Waals surface area contributed by atoms with E-state index in [4.69, 9.17) is 0 Å². The fourth-order valence-corrected chi connectivity index (χ4v) is 1.95. The predicted molar refractivity (Wildman–Crippen MR) is 54.9 cm³/mol. The van der Waals surface area contributed by atoms with Crippen LogP contribution in [0.15, 0.2) is 23.7 Å². The van der Waals surface area contributed by atoms with Crippen LogP contribution < -0.4 is 0 Å². The largest absolute Gasteiger partial charge is 0.386 e. The van der Waals surface area contributed by atoms with E-state index >= 15 is 0 Å². The SMILES string of the molecule is CC(C)(O)c1ccc2ncsc2c1. The highest BCUT2D eigenvalue weighted by atomic mass is 32.1. The molecule has 0 saturated carbocycles. The van der Waals surface area contributed by atoms with Gasteiger partial charge in [0, 0.05) is 0 Å². The molecule has 2 rings (SSSR count). The number of benzene rings is 1. The van der Waals surface area contributed by atoms with E-state index in [0.29, 0.717) is 0 Å². The Balaban J connectivity index is 2.61. The number of hydrogen-bond acceptors (Lipinski definition) is 3. The molecule has 68 valence electrons. The molecule has 1 aromatic carbocycles. The number of nitrogens with zero attached hydrogens (tertiary/aromatic N) is 1. The van der Waals surface area contributed by atoms with E-state index in [0.717, 1.165) is 15.8 Å². The third-order valence-corrected chi connectivity index (χ3v) is 2.83. The number of rotatable bonds is 1. The molecule has 2 aromatic rings. The summed E-state index contributed by atoms with van der Waals surface area (Å²) in [5.41, 5.74) is 2.99. The second-order valence-corrected chi connectivity index (χ2v) is 4.48. The lowest BCUT2D eigenvalue weighted by Crippen LogP contribution is -2.14. The van der Waals surface area contributed by atoms with Crippen molar-refractivity contribution < 1.29 is 5.11 Å². The Morgan fingerprint density at radius 1 is 1.38 bits per heavy atom. The van der Waals surface area contributed by atoms with Gasteiger partial charge < -0.3 is 5.11 Å². The molecule has 0 radical (unpaired) electrons. The number of aromatic nitrogens is 1. The van der Waals surface area contributed by atoms with Gasteiger partial charge in [-0.2, -0.15) is 0 Å². The molecule has 0 atom stereocenters. The zero-order valence-electron chi connectivity index (χ0n) is 7.61. The minimum Gasteiger partial charge on any atom is -0.386 e. The summed E-state index contributed by atoms with van der Waals surface area (Å²) in [6.45, 7) is 3.57. The maximum absolute atomic E-state index is 9.77. The molecule has 0 saturated heterocycles. The van der Waals surface area contributed by atoms with E-state index in [2.05, 4.69) is 4.98 Å². The standard InChI is InChI=1S/C10H11NOS/c1-10(2,12)7-3-4-8-9(5-7)13-6-11-8/h3-6,12H,1-2H3. The summed E-state index contributed by atoms with van der Waals surface area (Å²) < 4.78 is 1.12. The van der Waals surface area contributed by atoms with Crippen molar-refractivity contribution in [3.63, 3.8) is 0 Å². The van der Waals surface area contributed by atoms with Gasteiger partial charge in [-0.1, -0.05) is 6.07 Å². The van der Waals surface area contributed by atoms with Gasteiger partial charge in [-0.3, -0.25) is 0 Å².